The van der Waals surface area contributed by atoms with Gasteiger partial charge in [0, 0.05) is 17.7 Å². The lowest BCUT2D eigenvalue weighted by Crippen LogP contribution is -2.46. The average Bonchev–Trinajstić information content (AvgIpc) is 3.26. The smallest absolute Gasteiger partial charge is 0.330 e. The fraction of sp³-hybridized carbons (Fsp3) is 0.364. The third-order valence-electron chi connectivity index (χ3n) is 5.43. The molecule has 146 valence electrons. The molecular formula is C22H23NO4S. The fourth-order valence-electron chi connectivity index (χ4n) is 4.08. The van der Waals surface area contributed by atoms with Crippen LogP contribution in [0.25, 0.3) is 0 Å². The number of carbonyl (C=O) groups is 2. The van der Waals surface area contributed by atoms with Gasteiger partial charge in [0.25, 0.3) is 0 Å². The van der Waals surface area contributed by atoms with E-state index in [9.17, 15) is 9.59 Å². The van der Waals surface area contributed by atoms with Gasteiger partial charge in [0.15, 0.2) is 0 Å². The van der Waals surface area contributed by atoms with E-state index in [2.05, 4.69) is 0 Å². The second kappa shape index (κ2) is 7.51. The first-order valence-corrected chi connectivity index (χ1v) is 10.4. The van der Waals surface area contributed by atoms with Crippen LogP contribution in [0.15, 0.2) is 48.5 Å². The molecule has 2 aromatic carbocycles. The van der Waals surface area contributed by atoms with Gasteiger partial charge in [0.1, 0.15) is 23.3 Å². The van der Waals surface area contributed by atoms with E-state index >= 15 is 0 Å². The predicted molar refractivity (Wildman–Crippen MR) is 108 cm³/mol. The van der Waals surface area contributed by atoms with Gasteiger partial charge in [-0.15, -0.1) is 11.8 Å². The van der Waals surface area contributed by atoms with Gasteiger partial charge in [-0.2, -0.15) is 0 Å². The summed E-state index contributed by atoms with van der Waals surface area (Å²) in [5.74, 6) is 0.896. The molecule has 2 aliphatic rings. The van der Waals surface area contributed by atoms with Crippen LogP contribution in [-0.4, -0.2) is 35.7 Å². The van der Waals surface area contributed by atoms with Gasteiger partial charge in [0.05, 0.1) is 7.11 Å². The Balaban J connectivity index is 1.53. The molecule has 0 aromatic heterocycles. The molecular weight excluding hydrogens is 374 g/mol. The number of rotatable bonds is 5. The zero-order chi connectivity index (χ0) is 19.7. The summed E-state index contributed by atoms with van der Waals surface area (Å²) in [6.07, 6.45) is 1.17. The summed E-state index contributed by atoms with van der Waals surface area (Å²) in [6.45, 7) is 2.11. The minimum absolute atomic E-state index is 0.0175. The van der Waals surface area contributed by atoms with Crippen molar-refractivity contribution in [2.24, 2.45) is 0 Å². The maximum atomic E-state index is 12.9. The van der Waals surface area contributed by atoms with Gasteiger partial charge < -0.3 is 14.4 Å². The van der Waals surface area contributed by atoms with E-state index in [4.69, 9.17) is 9.47 Å². The van der Waals surface area contributed by atoms with Crippen molar-refractivity contribution in [3.63, 3.8) is 0 Å². The van der Waals surface area contributed by atoms with Gasteiger partial charge in [0.2, 0.25) is 5.91 Å². The molecule has 0 saturated carbocycles. The minimum Gasteiger partial charge on any atom is -0.496 e. The number of fused-ring (bicyclic) bond motifs is 1. The monoisotopic (exact) mass is 397 g/mol. The number of esters is 1. The number of benzene rings is 2. The maximum absolute atomic E-state index is 12.9. The summed E-state index contributed by atoms with van der Waals surface area (Å²) in [4.78, 5) is 26.8. The second-order valence-corrected chi connectivity index (χ2v) is 8.46. The number of thioether (sulfide) groups is 1. The normalized spacial score (nSPS) is 23.6. The summed E-state index contributed by atoms with van der Waals surface area (Å²) in [7, 11) is 1.60. The van der Waals surface area contributed by atoms with E-state index in [1.54, 1.807) is 23.8 Å². The highest BCUT2D eigenvalue weighted by Crippen LogP contribution is 2.54. The van der Waals surface area contributed by atoms with Gasteiger partial charge in [-0.05, 0) is 31.0 Å². The number of ether oxygens (including phenoxy) is 2. The highest BCUT2D eigenvalue weighted by molar-refractivity contribution is 8.00. The van der Waals surface area contributed by atoms with Crippen molar-refractivity contribution in [3.8, 4) is 5.75 Å². The molecule has 2 heterocycles. The quantitative estimate of drug-likeness (QED) is 0.721. The Morgan fingerprint density at radius 3 is 2.79 bits per heavy atom. The van der Waals surface area contributed by atoms with E-state index in [0.29, 0.717) is 17.9 Å². The van der Waals surface area contributed by atoms with Gasteiger partial charge in [-0.25, -0.2) is 4.79 Å². The third kappa shape index (κ3) is 3.15. The number of nitrogens with zero attached hydrogens (tertiary/aromatic N) is 1. The van der Waals surface area contributed by atoms with Crippen molar-refractivity contribution >= 4 is 23.6 Å². The lowest BCUT2D eigenvalue weighted by Gasteiger charge is -2.33. The standard InChI is InChI=1S/C22H23NO4S/c1-15-8-9-19(26-2)16(12-15)13-27-21(25)18-14-28-22(11-10-20(24)23(18)22)17-6-4-3-5-7-17/h3-9,12,18H,10-11,13-14H2,1-2H3/t18-,22-/m1/s1. The molecule has 2 atom stereocenters. The van der Waals surface area contributed by atoms with E-state index in [1.807, 2.05) is 55.5 Å². The molecule has 5 nitrogen and oxygen atoms in total. The number of aryl methyl sites for hydroxylation is 1. The Bertz CT molecular complexity index is 901. The summed E-state index contributed by atoms with van der Waals surface area (Å²) in [5, 5.41) is 0. The maximum Gasteiger partial charge on any atom is 0.330 e. The first-order valence-electron chi connectivity index (χ1n) is 9.37. The van der Waals surface area contributed by atoms with Crippen LogP contribution in [0, 0.1) is 6.92 Å². The molecule has 0 N–H and O–H groups in total. The van der Waals surface area contributed by atoms with Crippen LogP contribution < -0.4 is 4.74 Å². The molecule has 0 spiro atoms. The number of methoxy groups -OCH3 is 1. The summed E-state index contributed by atoms with van der Waals surface area (Å²) in [6, 6.07) is 15.2. The molecule has 2 fully saturated rings. The van der Waals surface area contributed by atoms with E-state index < -0.39 is 10.9 Å². The van der Waals surface area contributed by atoms with Crippen LogP contribution in [-0.2, 0) is 25.8 Å². The number of hydrogen-bond acceptors (Lipinski definition) is 5. The molecule has 0 aliphatic carbocycles. The molecule has 0 radical (unpaired) electrons. The summed E-state index contributed by atoms with van der Waals surface area (Å²) < 4.78 is 11.0. The average molecular weight is 397 g/mol. The predicted octanol–water partition coefficient (Wildman–Crippen LogP) is 3.64. The van der Waals surface area contributed by atoms with E-state index in [-0.39, 0.29) is 18.5 Å². The molecule has 2 aliphatic heterocycles. The molecule has 2 saturated heterocycles. The Hall–Kier alpha value is -2.47. The molecule has 0 bridgehead atoms. The lowest BCUT2D eigenvalue weighted by atomic mass is 10.0. The Kier molecular flexibility index (Phi) is 5.06. The van der Waals surface area contributed by atoms with Crippen LogP contribution in [0.1, 0.15) is 29.5 Å². The number of amides is 1. The molecule has 0 unspecified atom stereocenters. The topological polar surface area (TPSA) is 55.8 Å². The van der Waals surface area contributed by atoms with Crippen LogP contribution in [0.2, 0.25) is 0 Å². The lowest BCUT2D eigenvalue weighted by molar-refractivity contribution is -0.155. The van der Waals surface area contributed by atoms with Crippen molar-refractivity contribution in [1.29, 1.82) is 0 Å². The molecule has 6 heteroatoms. The Labute approximate surface area is 169 Å². The van der Waals surface area contributed by atoms with Gasteiger partial charge in [-0.1, -0.05) is 42.0 Å². The van der Waals surface area contributed by atoms with Crippen LogP contribution in [0.4, 0.5) is 0 Å². The van der Waals surface area contributed by atoms with Gasteiger partial charge in [-0.3, -0.25) is 4.79 Å². The molecule has 2 aromatic rings. The van der Waals surface area contributed by atoms with Crippen molar-refractivity contribution in [2.75, 3.05) is 12.9 Å². The molecule has 1 amide bonds. The van der Waals surface area contributed by atoms with Gasteiger partial charge >= 0.3 is 5.97 Å². The highest BCUT2D eigenvalue weighted by atomic mass is 32.2. The molecule has 28 heavy (non-hydrogen) atoms. The minimum atomic E-state index is -0.559. The first kappa shape index (κ1) is 18.9. The first-order chi connectivity index (χ1) is 13.5. The fourth-order valence-corrected chi connectivity index (χ4v) is 5.72. The van der Waals surface area contributed by atoms with Crippen LogP contribution in [0.3, 0.4) is 0 Å². The SMILES string of the molecule is COc1ccc(C)cc1COC(=O)[C@H]1CS[C@@]2(c3ccccc3)CCC(=O)N12. The zero-order valence-corrected chi connectivity index (χ0v) is 16.8. The van der Waals surface area contributed by atoms with Crippen molar-refractivity contribution in [1.82, 2.24) is 4.90 Å². The summed E-state index contributed by atoms with van der Waals surface area (Å²) >= 11 is 1.67. The number of carbonyl (C=O) groups excluding carboxylic acids is 2. The van der Waals surface area contributed by atoms with E-state index in [1.165, 1.54) is 0 Å². The Morgan fingerprint density at radius 2 is 2.04 bits per heavy atom. The van der Waals surface area contributed by atoms with Crippen molar-refractivity contribution in [3.05, 3.63) is 65.2 Å². The third-order valence-corrected chi connectivity index (χ3v) is 7.03. The largest absolute Gasteiger partial charge is 0.496 e. The van der Waals surface area contributed by atoms with Crippen LogP contribution in [0.5, 0.6) is 5.75 Å². The van der Waals surface area contributed by atoms with Crippen molar-refractivity contribution < 1.29 is 19.1 Å². The molecule has 4 rings (SSSR count). The van der Waals surface area contributed by atoms with Crippen LogP contribution >= 0.6 is 11.8 Å². The highest BCUT2D eigenvalue weighted by Gasteiger charge is 2.57. The number of hydrogen-bond donors (Lipinski definition) is 0. The second-order valence-electron chi connectivity index (χ2n) is 7.16. The zero-order valence-electron chi connectivity index (χ0n) is 16.0. The summed E-state index contributed by atoms with van der Waals surface area (Å²) in [5.41, 5.74) is 2.96. The Morgan fingerprint density at radius 1 is 1.25 bits per heavy atom. The van der Waals surface area contributed by atoms with E-state index in [0.717, 1.165) is 23.1 Å². The van der Waals surface area contributed by atoms with Crippen molar-refractivity contribution in [2.45, 2.75) is 37.3 Å².